The minimum absolute atomic E-state index is 0.115. The van der Waals surface area contributed by atoms with Crippen LogP contribution in [0.5, 0.6) is 0 Å². The Hall–Kier alpha value is -1.18. The number of carbonyl (C=O) groups is 1. The fourth-order valence-electron chi connectivity index (χ4n) is 2.45. The van der Waals surface area contributed by atoms with Gasteiger partial charge >= 0.3 is 0 Å². The molecule has 0 radical (unpaired) electrons. The first kappa shape index (κ1) is 17.2. The maximum absolute atomic E-state index is 12.6. The van der Waals surface area contributed by atoms with Crippen molar-refractivity contribution < 1.29 is 13.2 Å². The van der Waals surface area contributed by atoms with Gasteiger partial charge in [-0.05, 0) is 37.1 Å². The van der Waals surface area contributed by atoms with Crippen LogP contribution >= 0.6 is 15.9 Å². The highest BCUT2D eigenvalue weighted by Crippen LogP contribution is 2.24. The highest BCUT2D eigenvalue weighted by molar-refractivity contribution is 9.10. The Morgan fingerprint density at radius 1 is 1.41 bits per heavy atom. The Morgan fingerprint density at radius 3 is 2.73 bits per heavy atom. The molecular formula is C15H19BrN2O3S. The average Bonchev–Trinajstić information content (AvgIpc) is 2.53. The van der Waals surface area contributed by atoms with Gasteiger partial charge < -0.3 is 5.32 Å². The standard InChI is InChI=1S/C15H19BrN2O3S/c1-2-9-17-15(19)12-4-3-10-18(11-12)22(20,21)14-7-5-13(16)6-8-14/h2,5-8,12H,1,3-4,9-11H2,(H,17,19)/t12-/m0/s1. The van der Waals surface area contributed by atoms with Crippen molar-refractivity contribution in [3.05, 3.63) is 41.4 Å². The van der Waals surface area contributed by atoms with Gasteiger partial charge in [0, 0.05) is 24.1 Å². The van der Waals surface area contributed by atoms with Gasteiger partial charge in [0.1, 0.15) is 0 Å². The first-order valence-electron chi connectivity index (χ1n) is 7.09. The molecular weight excluding hydrogens is 368 g/mol. The van der Waals surface area contributed by atoms with Crippen molar-refractivity contribution in [1.29, 1.82) is 0 Å². The summed E-state index contributed by atoms with van der Waals surface area (Å²) in [7, 11) is -3.55. The summed E-state index contributed by atoms with van der Waals surface area (Å²) in [5, 5.41) is 2.74. The Balaban J connectivity index is 2.12. The van der Waals surface area contributed by atoms with Gasteiger partial charge in [-0.15, -0.1) is 6.58 Å². The number of piperidine rings is 1. The van der Waals surface area contributed by atoms with Gasteiger partial charge in [0.2, 0.25) is 15.9 Å². The molecule has 1 aliphatic heterocycles. The summed E-state index contributed by atoms with van der Waals surface area (Å²) in [6.07, 6.45) is 2.99. The topological polar surface area (TPSA) is 66.5 Å². The van der Waals surface area contributed by atoms with Gasteiger partial charge in [-0.1, -0.05) is 22.0 Å². The van der Waals surface area contributed by atoms with Crippen molar-refractivity contribution in [2.75, 3.05) is 19.6 Å². The summed E-state index contributed by atoms with van der Waals surface area (Å²) >= 11 is 3.29. The number of halogens is 1. The van der Waals surface area contributed by atoms with E-state index < -0.39 is 10.0 Å². The van der Waals surface area contributed by atoms with Gasteiger partial charge in [0.25, 0.3) is 0 Å². The summed E-state index contributed by atoms with van der Waals surface area (Å²) in [5.74, 6) is -0.422. The van der Waals surface area contributed by atoms with Crippen molar-refractivity contribution in [2.45, 2.75) is 17.7 Å². The zero-order valence-electron chi connectivity index (χ0n) is 12.2. The molecule has 7 heteroatoms. The van der Waals surface area contributed by atoms with Gasteiger partial charge in [-0.2, -0.15) is 4.31 Å². The number of hydrogen-bond donors (Lipinski definition) is 1. The van der Waals surface area contributed by atoms with E-state index in [0.717, 1.165) is 4.47 Å². The molecule has 1 atom stereocenters. The third-order valence-corrected chi connectivity index (χ3v) is 6.03. The summed E-state index contributed by atoms with van der Waals surface area (Å²) < 4.78 is 27.5. The molecule has 1 aliphatic rings. The monoisotopic (exact) mass is 386 g/mol. The molecule has 0 bridgehead atoms. The minimum Gasteiger partial charge on any atom is -0.352 e. The van der Waals surface area contributed by atoms with Crippen LogP contribution in [0.25, 0.3) is 0 Å². The van der Waals surface area contributed by atoms with Crippen LogP contribution in [0.15, 0.2) is 46.3 Å². The molecule has 2 rings (SSSR count). The van der Waals surface area contributed by atoms with E-state index in [1.165, 1.54) is 4.31 Å². The molecule has 1 aromatic rings. The molecule has 1 N–H and O–H groups in total. The molecule has 1 amide bonds. The maximum Gasteiger partial charge on any atom is 0.243 e. The largest absolute Gasteiger partial charge is 0.352 e. The second kappa shape index (κ2) is 7.39. The average molecular weight is 387 g/mol. The number of amides is 1. The first-order chi connectivity index (χ1) is 10.4. The molecule has 5 nitrogen and oxygen atoms in total. The van der Waals surface area contributed by atoms with E-state index in [1.54, 1.807) is 30.3 Å². The van der Waals surface area contributed by atoms with Crippen LogP contribution in [0.3, 0.4) is 0 Å². The second-order valence-corrected chi connectivity index (χ2v) is 8.04. The zero-order chi connectivity index (χ0) is 16.2. The van der Waals surface area contributed by atoms with Crippen molar-refractivity contribution in [2.24, 2.45) is 5.92 Å². The Bertz CT molecular complexity index is 643. The van der Waals surface area contributed by atoms with Crippen molar-refractivity contribution in [1.82, 2.24) is 9.62 Å². The minimum atomic E-state index is -3.55. The highest BCUT2D eigenvalue weighted by Gasteiger charge is 2.33. The number of rotatable bonds is 5. The SMILES string of the molecule is C=CCNC(=O)[C@H]1CCCN(S(=O)(=O)c2ccc(Br)cc2)C1. The fourth-order valence-corrected chi connectivity index (χ4v) is 4.24. The molecule has 0 aliphatic carbocycles. The van der Waals surface area contributed by atoms with Crippen LogP contribution in [-0.4, -0.2) is 38.3 Å². The molecule has 1 fully saturated rings. The van der Waals surface area contributed by atoms with Crippen LogP contribution in [0.1, 0.15) is 12.8 Å². The van der Waals surface area contributed by atoms with E-state index >= 15 is 0 Å². The summed E-state index contributed by atoms with van der Waals surface area (Å²) in [6, 6.07) is 6.54. The number of carbonyl (C=O) groups excluding carboxylic acids is 1. The van der Waals surface area contributed by atoms with Crippen LogP contribution in [0.2, 0.25) is 0 Å². The quantitative estimate of drug-likeness (QED) is 0.788. The van der Waals surface area contributed by atoms with E-state index in [-0.39, 0.29) is 23.3 Å². The summed E-state index contributed by atoms with van der Waals surface area (Å²) in [4.78, 5) is 12.3. The van der Waals surface area contributed by atoms with E-state index in [1.807, 2.05) is 0 Å². The Morgan fingerprint density at radius 2 is 2.09 bits per heavy atom. The lowest BCUT2D eigenvalue weighted by Gasteiger charge is -2.31. The van der Waals surface area contributed by atoms with Crippen LogP contribution < -0.4 is 5.32 Å². The summed E-state index contributed by atoms with van der Waals surface area (Å²) in [5.41, 5.74) is 0. The molecule has 0 spiro atoms. The van der Waals surface area contributed by atoms with E-state index in [9.17, 15) is 13.2 Å². The second-order valence-electron chi connectivity index (χ2n) is 5.19. The number of hydrogen-bond acceptors (Lipinski definition) is 3. The summed E-state index contributed by atoms with van der Waals surface area (Å²) in [6.45, 7) is 4.62. The number of benzene rings is 1. The van der Waals surface area contributed by atoms with Gasteiger partial charge in [-0.3, -0.25) is 4.79 Å². The smallest absolute Gasteiger partial charge is 0.243 e. The van der Waals surface area contributed by atoms with E-state index in [2.05, 4.69) is 27.8 Å². The molecule has 1 heterocycles. The van der Waals surface area contributed by atoms with Crippen molar-refractivity contribution in [3.63, 3.8) is 0 Å². The van der Waals surface area contributed by atoms with Gasteiger partial charge in [0.05, 0.1) is 10.8 Å². The number of nitrogens with zero attached hydrogens (tertiary/aromatic N) is 1. The molecule has 120 valence electrons. The lowest BCUT2D eigenvalue weighted by atomic mass is 9.99. The fraction of sp³-hybridized carbons (Fsp3) is 0.400. The Kier molecular flexibility index (Phi) is 5.77. The van der Waals surface area contributed by atoms with E-state index in [4.69, 9.17) is 0 Å². The van der Waals surface area contributed by atoms with Crippen molar-refractivity contribution in [3.8, 4) is 0 Å². The maximum atomic E-state index is 12.6. The lowest BCUT2D eigenvalue weighted by molar-refractivity contribution is -0.125. The molecule has 0 aromatic heterocycles. The van der Waals surface area contributed by atoms with Crippen molar-refractivity contribution >= 4 is 31.9 Å². The highest BCUT2D eigenvalue weighted by atomic mass is 79.9. The normalized spacial score (nSPS) is 19.6. The van der Waals surface area contributed by atoms with Gasteiger partial charge in [-0.25, -0.2) is 8.42 Å². The van der Waals surface area contributed by atoms with Crippen LogP contribution in [0, 0.1) is 5.92 Å². The number of nitrogens with one attached hydrogen (secondary N) is 1. The van der Waals surface area contributed by atoms with Crippen LogP contribution in [0.4, 0.5) is 0 Å². The third kappa shape index (κ3) is 3.97. The molecule has 1 saturated heterocycles. The van der Waals surface area contributed by atoms with Gasteiger partial charge in [0.15, 0.2) is 0 Å². The third-order valence-electron chi connectivity index (χ3n) is 3.63. The predicted molar refractivity (Wildman–Crippen MR) is 88.8 cm³/mol. The van der Waals surface area contributed by atoms with Crippen LogP contribution in [-0.2, 0) is 14.8 Å². The molecule has 1 aromatic carbocycles. The lowest BCUT2D eigenvalue weighted by Crippen LogP contribution is -2.45. The molecule has 22 heavy (non-hydrogen) atoms. The Labute approximate surface area is 139 Å². The predicted octanol–water partition coefficient (Wildman–Crippen LogP) is 2.15. The molecule has 0 saturated carbocycles. The molecule has 0 unspecified atom stereocenters. The number of sulfonamides is 1. The first-order valence-corrected chi connectivity index (χ1v) is 9.33. The van der Waals surface area contributed by atoms with E-state index in [0.29, 0.717) is 25.9 Å². The zero-order valence-corrected chi connectivity index (χ0v) is 14.6.